The molecular weight excluding hydrogens is 362 g/mol. The number of rotatable bonds is 9. The Kier molecular flexibility index (Phi) is 8.26. The molecule has 0 aliphatic carbocycles. The smallest absolute Gasteiger partial charge is 0.240 e. The Morgan fingerprint density at radius 2 is 1.78 bits per heavy atom. The normalized spacial score (nSPS) is 16.1. The van der Waals surface area contributed by atoms with Gasteiger partial charge in [-0.05, 0) is 62.4 Å². The molecule has 0 unspecified atom stereocenters. The molecule has 0 radical (unpaired) electrons. The van der Waals surface area contributed by atoms with Gasteiger partial charge in [-0.2, -0.15) is 0 Å². The van der Waals surface area contributed by atoms with Gasteiger partial charge in [-0.3, -0.25) is 4.79 Å². The zero-order valence-corrected chi connectivity index (χ0v) is 17.5. The zero-order valence-electron chi connectivity index (χ0n) is 16.7. The van der Waals surface area contributed by atoms with Crippen molar-refractivity contribution >= 4 is 15.9 Å². The second-order valence-corrected chi connectivity index (χ2v) is 9.35. The molecule has 1 aliphatic rings. The van der Waals surface area contributed by atoms with Crippen molar-refractivity contribution in [2.75, 3.05) is 33.2 Å². The van der Waals surface area contributed by atoms with Crippen LogP contribution in [-0.4, -0.2) is 52.5 Å². The van der Waals surface area contributed by atoms with Crippen LogP contribution >= 0.6 is 0 Å². The molecular formula is C20H33N3O3S. The van der Waals surface area contributed by atoms with E-state index in [0.717, 1.165) is 44.5 Å². The lowest BCUT2D eigenvalue weighted by Gasteiger charge is -2.32. The molecule has 1 aromatic carbocycles. The zero-order chi connectivity index (χ0) is 19.9. The Labute approximate surface area is 163 Å². The van der Waals surface area contributed by atoms with Gasteiger partial charge >= 0.3 is 0 Å². The fourth-order valence-electron chi connectivity index (χ4n) is 3.39. The van der Waals surface area contributed by atoms with Gasteiger partial charge in [0.05, 0.1) is 4.90 Å². The van der Waals surface area contributed by atoms with Crippen LogP contribution in [0, 0.1) is 5.92 Å². The Morgan fingerprint density at radius 3 is 2.33 bits per heavy atom. The lowest BCUT2D eigenvalue weighted by atomic mass is 9.93. The van der Waals surface area contributed by atoms with E-state index in [4.69, 9.17) is 0 Å². The van der Waals surface area contributed by atoms with Crippen LogP contribution in [0.15, 0.2) is 29.2 Å². The van der Waals surface area contributed by atoms with Crippen molar-refractivity contribution < 1.29 is 13.2 Å². The average Bonchev–Trinajstić information content (AvgIpc) is 2.66. The maximum atomic E-state index is 12.4. The van der Waals surface area contributed by atoms with Crippen LogP contribution in [0.2, 0.25) is 0 Å². The third-order valence-corrected chi connectivity index (χ3v) is 6.73. The van der Waals surface area contributed by atoms with Crippen LogP contribution in [0.25, 0.3) is 0 Å². The van der Waals surface area contributed by atoms with E-state index in [9.17, 15) is 13.2 Å². The molecule has 152 valence electrons. The van der Waals surface area contributed by atoms with E-state index in [1.165, 1.54) is 0 Å². The summed E-state index contributed by atoms with van der Waals surface area (Å²) in [6, 6.07) is 6.91. The van der Waals surface area contributed by atoms with Gasteiger partial charge in [0.1, 0.15) is 0 Å². The topological polar surface area (TPSA) is 78.5 Å². The summed E-state index contributed by atoms with van der Waals surface area (Å²) in [7, 11) is -1.62. The first-order valence-electron chi connectivity index (χ1n) is 9.85. The number of hydrogen-bond acceptors (Lipinski definition) is 4. The molecule has 1 aliphatic heterocycles. The fourth-order valence-corrected chi connectivity index (χ4v) is 4.42. The van der Waals surface area contributed by atoms with Gasteiger partial charge in [-0.25, -0.2) is 13.1 Å². The number of amides is 1. The van der Waals surface area contributed by atoms with Crippen LogP contribution in [0.4, 0.5) is 0 Å². The first-order chi connectivity index (χ1) is 12.8. The molecule has 1 saturated heterocycles. The van der Waals surface area contributed by atoms with Crippen LogP contribution in [0.3, 0.4) is 0 Å². The Hall–Kier alpha value is -1.44. The highest BCUT2D eigenvalue weighted by Gasteiger charge is 2.22. The van der Waals surface area contributed by atoms with Gasteiger partial charge in [-0.1, -0.05) is 26.0 Å². The van der Waals surface area contributed by atoms with Gasteiger partial charge in [0.15, 0.2) is 0 Å². The van der Waals surface area contributed by atoms with Crippen molar-refractivity contribution in [1.29, 1.82) is 0 Å². The molecule has 6 nitrogen and oxygen atoms in total. The third kappa shape index (κ3) is 6.59. The molecule has 0 atom stereocenters. The summed E-state index contributed by atoms with van der Waals surface area (Å²) in [5, 5.41) is 3.17. The van der Waals surface area contributed by atoms with E-state index in [0.29, 0.717) is 11.8 Å². The van der Waals surface area contributed by atoms with E-state index in [2.05, 4.69) is 23.9 Å². The first-order valence-corrected chi connectivity index (χ1v) is 11.3. The van der Waals surface area contributed by atoms with Crippen LogP contribution in [0.5, 0.6) is 0 Å². The Morgan fingerprint density at radius 1 is 1.15 bits per heavy atom. The molecule has 27 heavy (non-hydrogen) atoms. The number of carbonyl (C=O) groups is 1. The number of piperidine rings is 1. The molecule has 0 saturated carbocycles. The monoisotopic (exact) mass is 395 g/mol. The van der Waals surface area contributed by atoms with Crippen LogP contribution in [0.1, 0.15) is 51.0 Å². The SMILES string of the molecule is CNCCC1CCN(C(=O)CCNS(=O)(=O)c2ccc(C(C)C)cc2)CC1. The van der Waals surface area contributed by atoms with E-state index in [-0.39, 0.29) is 23.8 Å². The maximum absolute atomic E-state index is 12.4. The summed E-state index contributed by atoms with van der Waals surface area (Å²) in [5.41, 5.74) is 1.10. The van der Waals surface area contributed by atoms with Crippen molar-refractivity contribution in [2.45, 2.75) is 50.3 Å². The number of hydrogen-bond donors (Lipinski definition) is 2. The number of nitrogens with one attached hydrogen (secondary N) is 2. The highest BCUT2D eigenvalue weighted by Crippen LogP contribution is 2.20. The Bertz CT molecular complexity index is 694. The highest BCUT2D eigenvalue weighted by atomic mass is 32.2. The molecule has 2 N–H and O–H groups in total. The number of sulfonamides is 1. The van der Waals surface area contributed by atoms with E-state index in [1.807, 2.05) is 24.1 Å². The molecule has 1 fully saturated rings. The molecule has 0 aromatic heterocycles. The summed E-state index contributed by atoms with van der Waals surface area (Å²) in [6.07, 6.45) is 3.40. The minimum Gasteiger partial charge on any atom is -0.343 e. The Balaban J connectivity index is 1.77. The molecule has 1 amide bonds. The number of nitrogens with zero attached hydrogens (tertiary/aromatic N) is 1. The highest BCUT2D eigenvalue weighted by molar-refractivity contribution is 7.89. The van der Waals surface area contributed by atoms with Crippen molar-refractivity contribution in [3.8, 4) is 0 Å². The number of carbonyl (C=O) groups excluding carboxylic acids is 1. The summed E-state index contributed by atoms with van der Waals surface area (Å²) >= 11 is 0. The molecule has 2 rings (SSSR count). The lowest BCUT2D eigenvalue weighted by Crippen LogP contribution is -2.40. The second kappa shape index (κ2) is 10.2. The maximum Gasteiger partial charge on any atom is 0.240 e. The fraction of sp³-hybridized carbons (Fsp3) is 0.650. The predicted octanol–water partition coefficient (Wildman–Crippen LogP) is 2.33. The summed E-state index contributed by atoms with van der Waals surface area (Å²) in [4.78, 5) is 14.4. The van der Waals surface area contributed by atoms with Crippen molar-refractivity contribution in [3.05, 3.63) is 29.8 Å². The molecule has 0 bridgehead atoms. The minimum absolute atomic E-state index is 0.0277. The van der Waals surface area contributed by atoms with E-state index in [1.54, 1.807) is 12.1 Å². The third-order valence-electron chi connectivity index (χ3n) is 5.26. The van der Waals surface area contributed by atoms with Crippen molar-refractivity contribution in [1.82, 2.24) is 14.9 Å². The van der Waals surface area contributed by atoms with E-state index >= 15 is 0 Å². The van der Waals surface area contributed by atoms with Crippen molar-refractivity contribution in [3.63, 3.8) is 0 Å². The molecule has 1 heterocycles. The molecule has 1 aromatic rings. The summed E-state index contributed by atoms with van der Waals surface area (Å²) in [6.45, 7) is 6.83. The van der Waals surface area contributed by atoms with Gasteiger partial charge < -0.3 is 10.2 Å². The molecule has 7 heteroatoms. The quantitative estimate of drug-likeness (QED) is 0.673. The van der Waals surface area contributed by atoms with Crippen molar-refractivity contribution in [2.24, 2.45) is 5.92 Å². The van der Waals surface area contributed by atoms with Gasteiger partial charge in [0.25, 0.3) is 0 Å². The van der Waals surface area contributed by atoms with Gasteiger partial charge in [0.2, 0.25) is 15.9 Å². The molecule has 0 spiro atoms. The van der Waals surface area contributed by atoms with Crippen LogP contribution < -0.4 is 10.0 Å². The van der Waals surface area contributed by atoms with E-state index < -0.39 is 10.0 Å². The van der Waals surface area contributed by atoms with Crippen LogP contribution in [-0.2, 0) is 14.8 Å². The standard InChI is InChI=1S/C20H33N3O3S/c1-16(2)18-4-6-19(7-5-18)27(25,26)22-13-9-20(24)23-14-10-17(11-15-23)8-12-21-3/h4-7,16-17,21-22H,8-15H2,1-3H3. The first kappa shape index (κ1) is 21.9. The lowest BCUT2D eigenvalue weighted by molar-refractivity contribution is -0.132. The van der Waals surface area contributed by atoms with Gasteiger partial charge in [-0.15, -0.1) is 0 Å². The predicted molar refractivity (Wildman–Crippen MR) is 108 cm³/mol. The largest absolute Gasteiger partial charge is 0.343 e. The summed E-state index contributed by atoms with van der Waals surface area (Å²) in [5.74, 6) is 1.06. The number of benzene rings is 1. The average molecular weight is 396 g/mol. The number of likely N-dealkylation sites (tertiary alicyclic amines) is 1. The minimum atomic E-state index is -3.58. The summed E-state index contributed by atoms with van der Waals surface area (Å²) < 4.78 is 27.3. The second-order valence-electron chi connectivity index (χ2n) is 7.59. The van der Waals surface area contributed by atoms with Gasteiger partial charge in [0, 0.05) is 26.1 Å².